The van der Waals surface area contributed by atoms with Gasteiger partial charge in [0.2, 0.25) is 0 Å². The quantitative estimate of drug-likeness (QED) is 0.908. The van der Waals surface area contributed by atoms with Gasteiger partial charge in [-0.05, 0) is 33.3 Å². The Labute approximate surface area is 123 Å². The molecule has 0 radical (unpaired) electrons. The van der Waals surface area contributed by atoms with Crippen LogP contribution in [0, 0.1) is 6.92 Å². The minimum Gasteiger partial charge on any atom is -0.365 e. The van der Waals surface area contributed by atoms with Gasteiger partial charge in [-0.15, -0.1) is 0 Å². The lowest BCUT2D eigenvalue weighted by atomic mass is 10.1. The van der Waals surface area contributed by atoms with E-state index in [9.17, 15) is 9.59 Å². The molecule has 0 spiro atoms. The highest BCUT2D eigenvalue weighted by Gasteiger charge is 2.10. The molecule has 2 rings (SSSR count). The van der Waals surface area contributed by atoms with Crippen molar-refractivity contribution < 1.29 is 0 Å². The van der Waals surface area contributed by atoms with Crippen LogP contribution in [0.1, 0.15) is 44.0 Å². The Morgan fingerprint density at radius 3 is 2.43 bits per heavy atom. The van der Waals surface area contributed by atoms with Crippen LogP contribution >= 0.6 is 0 Å². The van der Waals surface area contributed by atoms with Gasteiger partial charge in [-0.25, -0.2) is 4.79 Å². The fraction of sp³-hybridized carbons (Fsp3) is 0.375. The Kier molecular flexibility index (Phi) is 4.31. The Bertz CT molecular complexity index is 712. The van der Waals surface area contributed by atoms with Crippen molar-refractivity contribution >= 4 is 5.82 Å². The summed E-state index contributed by atoms with van der Waals surface area (Å²) in [5, 5.41) is 3.16. The van der Waals surface area contributed by atoms with Crippen LogP contribution in [0.15, 0.2) is 39.9 Å². The van der Waals surface area contributed by atoms with Crippen LogP contribution in [0.5, 0.6) is 0 Å². The van der Waals surface area contributed by atoms with Crippen molar-refractivity contribution in [3.8, 4) is 0 Å². The van der Waals surface area contributed by atoms with E-state index in [1.807, 2.05) is 32.0 Å². The number of nitrogens with zero attached hydrogens (tertiary/aromatic N) is 1. The van der Waals surface area contributed by atoms with Gasteiger partial charge in [0.1, 0.15) is 5.82 Å². The number of benzene rings is 1. The van der Waals surface area contributed by atoms with E-state index in [0.717, 1.165) is 5.56 Å². The fourth-order valence-corrected chi connectivity index (χ4v) is 2.33. The summed E-state index contributed by atoms with van der Waals surface area (Å²) in [6.45, 7) is 7.63. The topological polar surface area (TPSA) is 66.9 Å². The van der Waals surface area contributed by atoms with Gasteiger partial charge >= 0.3 is 5.69 Å². The summed E-state index contributed by atoms with van der Waals surface area (Å²) in [6.07, 6.45) is 0. The molecule has 0 amide bonds. The summed E-state index contributed by atoms with van der Waals surface area (Å²) in [7, 11) is 0. The normalized spacial score (nSPS) is 12.4. The van der Waals surface area contributed by atoms with Gasteiger partial charge in [-0.1, -0.05) is 29.8 Å². The van der Waals surface area contributed by atoms with Crippen LogP contribution in [-0.2, 0) is 0 Å². The minimum absolute atomic E-state index is 0.00477. The molecule has 5 nitrogen and oxygen atoms in total. The van der Waals surface area contributed by atoms with Gasteiger partial charge in [0, 0.05) is 18.2 Å². The minimum atomic E-state index is -0.392. The molecule has 2 N–H and O–H groups in total. The van der Waals surface area contributed by atoms with Gasteiger partial charge in [-0.3, -0.25) is 14.3 Å². The molecule has 21 heavy (non-hydrogen) atoms. The second kappa shape index (κ2) is 5.99. The Morgan fingerprint density at radius 2 is 1.86 bits per heavy atom. The van der Waals surface area contributed by atoms with Gasteiger partial charge in [0.15, 0.2) is 0 Å². The average molecular weight is 287 g/mol. The molecule has 0 saturated heterocycles. The summed E-state index contributed by atoms with van der Waals surface area (Å²) in [6, 6.07) is 9.36. The maximum Gasteiger partial charge on any atom is 0.330 e. The SMILES string of the molecule is Cc1cccc(C(C)Nc2cc(=O)n(C(C)C)c(=O)[nH]2)c1. The third-order valence-electron chi connectivity index (χ3n) is 3.40. The molecule has 0 aliphatic heterocycles. The van der Waals surface area contributed by atoms with E-state index in [0.29, 0.717) is 5.82 Å². The molecule has 0 fully saturated rings. The monoisotopic (exact) mass is 287 g/mol. The van der Waals surface area contributed by atoms with Gasteiger partial charge in [0.05, 0.1) is 0 Å². The second-order valence-corrected chi connectivity index (χ2v) is 5.57. The number of aromatic amines is 1. The summed E-state index contributed by atoms with van der Waals surface area (Å²) in [5.41, 5.74) is 1.58. The number of nitrogens with one attached hydrogen (secondary N) is 2. The van der Waals surface area contributed by atoms with E-state index < -0.39 is 5.69 Å². The lowest BCUT2D eigenvalue weighted by Crippen LogP contribution is -2.36. The first kappa shape index (κ1) is 15.1. The third-order valence-corrected chi connectivity index (χ3v) is 3.40. The fourth-order valence-electron chi connectivity index (χ4n) is 2.33. The van der Waals surface area contributed by atoms with Crippen molar-refractivity contribution in [1.82, 2.24) is 9.55 Å². The molecule has 0 bridgehead atoms. The number of anilines is 1. The average Bonchev–Trinajstić information content (AvgIpc) is 2.37. The molecule has 1 heterocycles. The largest absolute Gasteiger partial charge is 0.365 e. The molecule has 1 aromatic carbocycles. The molecule has 1 atom stereocenters. The summed E-state index contributed by atoms with van der Waals surface area (Å²) >= 11 is 0. The lowest BCUT2D eigenvalue weighted by molar-refractivity contribution is 0.546. The highest BCUT2D eigenvalue weighted by Crippen LogP contribution is 2.17. The van der Waals surface area contributed by atoms with Crippen molar-refractivity contribution in [1.29, 1.82) is 0 Å². The number of aryl methyl sites for hydroxylation is 1. The number of hydrogen-bond acceptors (Lipinski definition) is 3. The van der Waals surface area contributed by atoms with Crippen molar-refractivity contribution in [2.75, 3.05) is 5.32 Å². The maximum absolute atomic E-state index is 12.0. The van der Waals surface area contributed by atoms with Crippen LogP contribution in [0.3, 0.4) is 0 Å². The third kappa shape index (κ3) is 3.42. The number of rotatable bonds is 4. The number of H-pyrrole nitrogens is 1. The van der Waals surface area contributed by atoms with Crippen molar-refractivity contribution in [2.45, 2.75) is 39.8 Å². The molecule has 0 aliphatic rings. The number of hydrogen-bond donors (Lipinski definition) is 2. The molecule has 0 saturated carbocycles. The second-order valence-electron chi connectivity index (χ2n) is 5.57. The molecule has 2 aromatic rings. The highest BCUT2D eigenvalue weighted by molar-refractivity contribution is 5.37. The lowest BCUT2D eigenvalue weighted by Gasteiger charge is -2.17. The zero-order valence-electron chi connectivity index (χ0n) is 12.8. The zero-order chi connectivity index (χ0) is 15.6. The Hall–Kier alpha value is -2.30. The van der Waals surface area contributed by atoms with Crippen LogP contribution in [0.25, 0.3) is 0 Å². The van der Waals surface area contributed by atoms with E-state index in [1.165, 1.54) is 16.2 Å². The van der Waals surface area contributed by atoms with Crippen LogP contribution in [-0.4, -0.2) is 9.55 Å². The Balaban J connectivity index is 2.28. The Morgan fingerprint density at radius 1 is 1.14 bits per heavy atom. The summed E-state index contributed by atoms with van der Waals surface area (Å²) < 4.78 is 1.20. The van der Waals surface area contributed by atoms with E-state index in [4.69, 9.17) is 0 Å². The molecule has 1 aromatic heterocycles. The molecular formula is C16H21N3O2. The van der Waals surface area contributed by atoms with Crippen LogP contribution in [0.2, 0.25) is 0 Å². The smallest absolute Gasteiger partial charge is 0.330 e. The molecule has 5 heteroatoms. The highest BCUT2D eigenvalue weighted by atomic mass is 16.2. The first-order valence-electron chi connectivity index (χ1n) is 7.07. The van der Waals surface area contributed by atoms with Gasteiger partial charge in [-0.2, -0.15) is 0 Å². The molecule has 1 unspecified atom stereocenters. The van der Waals surface area contributed by atoms with E-state index in [-0.39, 0.29) is 17.6 Å². The van der Waals surface area contributed by atoms with E-state index in [2.05, 4.69) is 16.4 Å². The molecular weight excluding hydrogens is 266 g/mol. The van der Waals surface area contributed by atoms with Crippen molar-refractivity contribution in [2.24, 2.45) is 0 Å². The predicted molar refractivity (Wildman–Crippen MR) is 84.9 cm³/mol. The van der Waals surface area contributed by atoms with Gasteiger partial charge < -0.3 is 5.32 Å². The standard InChI is InChI=1S/C16H21N3O2/c1-10(2)19-15(20)9-14(18-16(19)21)17-12(4)13-7-5-6-11(3)8-13/h5-10,12,17H,1-4H3,(H,18,21). The van der Waals surface area contributed by atoms with E-state index >= 15 is 0 Å². The maximum atomic E-state index is 12.0. The predicted octanol–water partition coefficient (Wildman–Crippen LogP) is 2.60. The van der Waals surface area contributed by atoms with Crippen LogP contribution < -0.4 is 16.6 Å². The molecule has 112 valence electrons. The van der Waals surface area contributed by atoms with Crippen molar-refractivity contribution in [3.63, 3.8) is 0 Å². The first-order chi connectivity index (χ1) is 9.88. The van der Waals surface area contributed by atoms with Gasteiger partial charge in [0.25, 0.3) is 5.56 Å². The van der Waals surface area contributed by atoms with Crippen molar-refractivity contribution in [3.05, 3.63) is 62.3 Å². The van der Waals surface area contributed by atoms with E-state index in [1.54, 1.807) is 13.8 Å². The number of aromatic nitrogens is 2. The van der Waals surface area contributed by atoms with Crippen LogP contribution in [0.4, 0.5) is 5.82 Å². The first-order valence-corrected chi connectivity index (χ1v) is 7.07. The summed E-state index contributed by atoms with van der Waals surface area (Å²) in [5.74, 6) is 0.441. The molecule has 0 aliphatic carbocycles. The zero-order valence-corrected chi connectivity index (χ0v) is 12.8. The summed E-state index contributed by atoms with van der Waals surface area (Å²) in [4.78, 5) is 26.6.